The van der Waals surface area contributed by atoms with Crippen molar-refractivity contribution in [1.82, 2.24) is 20.0 Å². The highest BCUT2D eigenvalue weighted by Gasteiger charge is 2.09. The number of hydrogen-bond donors (Lipinski definition) is 3. The summed E-state index contributed by atoms with van der Waals surface area (Å²) < 4.78 is 15.1. The fraction of sp³-hybridized carbons (Fsp3) is 0.0667. The van der Waals surface area contributed by atoms with Gasteiger partial charge in [-0.1, -0.05) is 17.3 Å². The molecule has 2 heterocycles. The lowest BCUT2D eigenvalue weighted by Crippen LogP contribution is -2.13. The molecular formula is C15H14FN7. The first-order valence-electron chi connectivity index (χ1n) is 6.84. The van der Waals surface area contributed by atoms with E-state index in [1.54, 1.807) is 30.5 Å². The molecule has 1 aromatic carbocycles. The number of H-pyrrole nitrogens is 1. The Labute approximate surface area is 131 Å². The zero-order valence-corrected chi connectivity index (χ0v) is 12.1. The van der Waals surface area contributed by atoms with Crippen molar-refractivity contribution in [3.05, 3.63) is 65.5 Å². The van der Waals surface area contributed by atoms with Crippen LogP contribution in [0.2, 0.25) is 0 Å². The summed E-state index contributed by atoms with van der Waals surface area (Å²) in [7, 11) is 0. The van der Waals surface area contributed by atoms with Crippen LogP contribution < -0.4 is 5.73 Å². The van der Waals surface area contributed by atoms with Gasteiger partial charge in [0.15, 0.2) is 0 Å². The van der Waals surface area contributed by atoms with E-state index in [4.69, 9.17) is 11.1 Å². The molecule has 0 radical (unpaired) electrons. The highest BCUT2D eigenvalue weighted by molar-refractivity contribution is 5.99. The van der Waals surface area contributed by atoms with Gasteiger partial charge in [0.1, 0.15) is 23.7 Å². The topological polar surface area (TPSA) is 109 Å². The van der Waals surface area contributed by atoms with Crippen molar-refractivity contribution in [2.45, 2.75) is 6.42 Å². The molecule has 0 aliphatic carbocycles. The maximum atomic E-state index is 13.7. The lowest BCUT2D eigenvalue weighted by molar-refractivity contribution is 0.607. The van der Waals surface area contributed by atoms with Crippen LogP contribution in [0.4, 0.5) is 4.39 Å². The molecule has 3 rings (SSSR count). The maximum Gasteiger partial charge on any atom is 0.148 e. The molecule has 7 nitrogen and oxygen atoms in total. The molecule has 116 valence electrons. The van der Waals surface area contributed by atoms with E-state index in [0.717, 1.165) is 12.0 Å². The van der Waals surface area contributed by atoms with Crippen LogP contribution in [0.3, 0.4) is 0 Å². The summed E-state index contributed by atoms with van der Waals surface area (Å²) in [5.74, 6) is -0.122. The van der Waals surface area contributed by atoms with Crippen LogP contribution in [0.15, 0.2) is 47.6 Å². The van der Waals surface area contributed by atoms with Gasteiger partial charge in [-0.2, -0.15) is 0 Å². The Morgan fingerprint density at radius 2 is 2.17 bits per heavy atom. The predicted molar refractivity (Wildman–Crippen MR) is 84.4 cm³/mol. The van der Waals surface area contributed by atoms with Crippen molar-refractivity contribution < 1.29 is 4.39 Å². The molecule has 0 amide bonds. The molecule has 0 fully saturated rings. The summed E-state index contributed by atoms with van der Waals surface area (Å²) in [6.07, 6.45) is 3.05. The van der Waals surface area contributed by atoms with Crippen molar-refractivity contribution in [1.29, 1.82) is 5.41 Å². The summed E-state index contributed by atoms with van der Waals surface area (Å²) in [4.78, 5) is 6.80. The van der Waals surface area contributed by atoms with Gasteiger partial charge in [-0.25, -0.2) is 14.1 Å². The first-order chi connectivity index (χ1) is 11.2. The number of aromatic amines is 1. The number of nitrogens with zero attached hydrogens (tertiary/aromatic N) is 4. The first kappa shape index (κ1) is 14.6. The lowest BCUT2D eigenvalue weighted by atomic mass is 10.2. The second kappa shape index (κ2) is 6.22. The Balaban J connectivity index is 1.79. The van der Waals surface area contributed by atoms with Crippen molar-refractivity contribution in [2.75, 3.05) is 0 Å². The van der Waals surface area contributed by atoms with Gasteiger partial charge in [0, 0.05) is 12.1 Å². The standard InChI is InChI=1S/C15H14FN7/c16-12-3-1-2-4-14(12)23-8-11(21-22-23)7-10-5-6-13(20-10)15(18)19-9-17/h1-6,8-9,20H,7H2,(H3,17,18,19). The van der Waals surface area contributed by atoms with Gasteiger partial charge in [0.2, 0.25) is 0 Å². The number of para-hydroxylation sites is 1. The SMILES string of the molecule is N=CN=C(N)c1ccc(Cc2cn(-c3ccccc3F)nn2)[nH]1. The minimum Gasteiger partial charge on any atom is -0.382 e. The van der Waals surface area contributed by atoms with Crippen molar-refractivity contribution in [2.24, 2.45) is 10.7 Å². The number of rotatable bonds is 5. The molecule has 0 saturated carbocycles. The average molecular weight is 311 g/mol. The van der Waals surface area contributed by atoms with Crippen LogP contribution in [-0.2, 0) is 6.42 Å². The predicted octanol–water partition coefficient (Wildman–Crippen LogP) is 1.64. The van der Waals surface area contributed by atoms with E-state index in [9.17, 15) is 4.39 Å². The monoisotopic (exact) mass is 311 g/mol. The largest absolute Gasteiger partial charge is 0.382 e. The minimum absolute atomic E-state index is 0.237. The van der Waals surface area contributed by atoms with Gasteiger partial charge in [-0.3, -0.25) is 5.41 Å². The van der Waals surface area contributed by atoms with Crippen LogP contribution in [0.5, 0.6) is 0 Å². The molecule has 23 heavy (non-hydrogen) atoms. The molecule has 0 aliphatic heterocycles. The Morgan fingerprint density at radius 3 is 2.96 bits per heavy atom. The number of nitrogens with one attached hydrogen (secondary N) is 2. The molecule has 0 bridgehead atoms. The molecule has 0 atom stereocenters. The van der Waals surface area contributed by atoms with Crippen molar-refractivity contribution in [3.8, 4) is 5.69 Å². The van der Waals surface area contributed by atoms with Gasteiger partial charge in [0.05, 0.1) is 17.6 Å². The van der Waals surface area contributed by atoms with Gasteiger partial charge < -0.3 is 10.7 Å². The van der Waals surface area contributed by atoms with Gasteiger partial charge in [0.25, 0.3) is 0 Å². The van der Waals surface area contributed by atoms with E-state index < -0.39 is 0 Å². The molecule has 0 spiro atoms. The third kappa shape index (κ3) is 3.15. The van der Waals surface area contributed by atoms with Gasteiger partial charge in [-0.15, -0.1) is 5.10 Å². The van der Waals surface area contributed by atoms with Crippen LogP contribution in [-0.4, -0.2) is 32.2 Å². The molecule has 2 aromatic heterocycles. The summed E-state index contributed by atoms with van der Waals surface area (Å²) >= 11 is 0. The molecule has 4 N–H and O–H groups in total. The van der Waals surface area contributed by atoms with E-state index in [-0.39, 0.29) is 11.7 Å². The van der Waals surface area contributed by atoms with E-state index in [1.807, 2.05) is 6.07 Å². The second-order valence-electron chi connectivity index (χ2n) is 4.82. The quantitative estimate of drug-likeness (QED) is 0.492. The van der Waals surface area contributed by atoms with Gasteiger partial charge in [-0.05, 0) is 24.3 Å². The fourth-order valence-electron chi connectivity index (χ4n) is 2.16. The molecular weight excluding hydrogens is 297 g/mol. The second-order valence-corrected chi connectivity index (χ2v) is 4.82. The zero-order chi connectivity index (χ0) is 16.2. The van der Waals surface area contributed by atoms with Crippen LogP contribution in [0.25, 0.3) is 5.69 Å². The van der Waals surface area contributed by atoms with Crippen LogP contribution >= 0.6 is 0 Å². The third-order valence-corrected chi connectivity index (χ3v) is 3.24. The highest BCUT2D eigenvalue weighted by atomic mass is 19.1. The van der Waals surface area contributed by atoms with E-state index in [0.29, 0.717) is 23.5 Å². The summed E-state index contributed by atoms with van der Waals surface area (Å²) in [5.41, 5.74) is 8.23. The number of aliphatic imine (C=N–C) groups is 1. The number of halogens is 1. The molecule has 3 aromatic rings. The number of hydrogen-bond acceptors (Lipinski definition) is 3. The maximum absolute atomic E-state index is 13.7. The van der Waals surface area contributed by atoms with E-state index in [1.165, 1.54) is 10.7 Å². The Bertz CT molecular complexity index is 862. The molecule has 0 unspecified atom stereocenters. The number of benzene rings is 1. The normalized spacial score (nSPS) is 11.6. The van der Waals surface area contributed by atoms with Crippen molar-refractivity contribution >= 4 is 12.2 Å². The number of nitrogens with two attached hydrogens (primary N) is 1. The van der Waals surface area contributed by atoms with Gasteiger partial charge >= 0.3 is 0 Å². The molecule has 0 aliphatic rings. The molecule has 0 saturated heterocycles. The fourth-order valence-corrected chi connectivity index (χ4v) is 2.16. The number of amidine groups is 1. The number of aromatic nitrogens is 4. The Kier molecular flexibility index (Phi) is 3.96. The Morgan fingerprint density at radius 1 is 1.35 bits per heavy atom. The van der Waals surface area contributed by atoms with E-state index >= 15 is 0 Å². The Hall–Kier alpha value is -3.29. The van der Waals surface area contributed by atoms with Crippen molar-refractivity contribution in [3.63, 3.8) is 0 Å². The van der Waals surface area contributed by atoms with Crippen LogP contribution in [0, 0.1) is 11.2 Å². The highest BCUT2D eigenvalue weighted by Crippen LogP contribution is 2.13. The third-order valence-electron chi connectivity index (χ3n) is 3.24. The smallest absolute Gasteiger partial charge is 0.148 e. The van der Waals surface area contributed by atoms with Crippen LogP contribution in [0.1, 0.15) is 17.1 Å². The summed E-state index contributed by atoms with van der Waals surface area (Å²) in [6, 6.07) is 10.00. The summed E-state index contributed by atoms with van der Waals surface area (Å²) in [5, 5.41) is 14.9. The molecule has 8 heteroatoms. The average Bonchev–Trinajstić information content (AvgIpc) is 3.18. The summed E-state index contributed by atoms with van der Waals surface area (Å²) in [6.45, 7) is 0. The zero-order valence-electron chi connectivity index (χ0n) is 12.1. The lowest BCUT2D eigenvalue weighted by Gasteiger charge is -2.00. The minimum atomic E-state index is -0.360. The van der Waals surface area contributed by atoms with E-state index in [2.05, 4.69) is 20.3 Å². The first-order valence-corrected chi connectivity index (χ1v) is 6.84.